The Morgan fingerprint density at radius 1 is 1.17 bits per heavy atom. The molecular weight excluding hydrogens is 317 g/mol. The van der Waals surface area contributed by atoms with Crippen molar-refractivity contribution in [3.05, 3.63) is 41.4 Å². The van der Waals surface area contributed by atoms with Gasteiger partial charge in [0, 0.05) is 17.8 Å². The van der Waals surface area contributed by atoms with E-state index in [-0.39, 0.29) is 5.02 Å². The van der Waals surface area contributed by atoms with E-state index in [1.807, 2.05) is 6.07 Å². The average Bonchev–Trinajstić information content (AvgIpc) is 2.54. The monoisotopic (exact) mass is 335 g/mol. The van der Waals surface area contributed by atoms with Crippen molar-refractivity contribution in [1.29, 1.82) is 0 Å². The minimum absolute atomic E-state index is 0.0775. The first kappa shape index (κ1) is 16.0. The van der Waals surface area contributed by atoms with E-state index in [1.165, 1.54) is 18.5 Å². The van der Waals surface area contributed by atoms with Crippen LogP contribution in [0.1, 0.15) is 12.8 Å². The van der Waals surface area contributed by atoms with Gasteiger partial charge in [0.2, 0.25) is 0 Å². The molecule has 0 spiro atoms. The summed E-state index contributed by atoms with van der Waals surface area (Å²) in [6.07, 6.45) is 3.69. The molecule has 1 aromatic carbocycles. The van der Waals surface area contributed by atoms with E-state index in [2.05, 4.69) is 32.5 Å². The Bertz CT molecular complexity index is 673. The van der Waals surface area contributed by atoms with Crippen LogP contribution in [0.3, 0.4) is 0 Å². The lowest BCUT2D eigenvalue weighted by Crippen LogP contribution is -2.36. The summed E-state index contributed by atoms with van der Waals surface area (Å²) in [6, 6.07) is 6.74. The first-order chi connectivity index (χ1) is 11.1. The molecule has 1 fully saturated rings. The molecule has 5 nitrogen and oxygen atoms in total. The Morgan fingerprint density at radius 3 is 2.65 bits per heavy atom. The van der Waals surface area contributed by atoms with E-state index < -0.39 is 5.82 Å². The van der Waals surface area contributed by atoms with Crippen LogP contribution >= 0.6 is 11.6 Å². The first-order valence-corrected chi connectivity index (χ1v) is 7.97. The molecule has 7 heteroatoms. The van der Waals surface area contributed by atoms with Crippen LogP contribution in [-0.4, -0.2) is 41.0 Å². The summed E-state index contributed by atoms with van der Waals surface area (Å²) in [5.74, 6) is 0.980. The van der Waals surface area contributed by atoms with Gasteiger partial charge in [0.05, 0.1) is 5.02 Å². The van der Waals surface area contributed by atoms with Gasteiger partial charge >= 0.3 is 0 Å². The van der Waals surface area contributed by atoms with Gasteiger partial charge in [-0.25, -0.2) is 14.4 Å². The fourth-order valence-electron chi connectivity index (χ4n) is 2.59. The van der Waals surface area contributed by atoms with Crippen LogP contribution in [-0.2, 0) is 0 Å². The van der Waals surface area contributed by atoms with Crippen molar-refractivity contribution in [2.75, 3.05) is 30.8 Å². The Morgan fingerprint density at radius 2 is 1.91 bits per heavy atom. The third-order valence-electron chi connectivity index (χ3n) is 3.93. The Labute approximate surface area is 139 Å². The molecular formula is C16H19ClFN5. The molecule has 2 aromatic rings. The van der Waals surface area contributed by atoms with Crippen molar-refractivity contribution in [1.82, 2.24) is 14.9 Å². The highest BCUT2D eigenvalue weighted by atomic mass is 35.5. The molecule has 0 atom stereocenters. The van der Waals surface area contributed by atoms with Crippen LogP contribution in [0.15, 0.2) is 30.6 Å². The maximum Gasteiger partial charge on any atom is 0.141 e. The molecule has 2 N–H and O–H groups in total. The van der Waals surface area contributed by atoms with Crippen molar-refractivity contribution in [2.45, 2.75) is 18.9 Å². The Balaban J connectivity index is 1.66. The second-order valence-corrected chi connectivity index (χ2v) is 6.17. The number of hydrogen-bond acceptors (Lipinski definition) is 5. The van der Waals surface area contributed by atoms with Gasteiger partial charge in [-0.3, -0.25) is 0 Å². The fraction of sp³-hybridized carbons (Fsp3) is 0.375. The number of hydrogen-bond donors (Lipinski definition) is 2. The highest BCUT2D eigenvalue weighted by molar-refractivity contribution is 6.31. The largest absolute Gasteiger partial charge is 0.367 e. The van der Waals surface area contributed by atoms with Crippen LogP contribution in [0.25, 0.3) is 0 Å². The van der Waals surface area contributed by atoms with Crippen molar-refractivity contribution in [3.63, 3.8) is 0 Å². The molecule has 0 unspecified atom stereocenters. The number of likely N-dealkylation sites (tertiary alicyclic amines) is 1. The lowest BCUT2D eigenvalue weighted by molar-refractivity contribution is 0.263. The number of nitrogens with zero attached hydrogens (tertiary/aromatic N) is 3. The van der Waals surface area contributed by atoms with Gasteiger partial charge in [0.1, 0.15) is 23.8 Å². The summed E-state index contributed by atoms with van der Waals surface area (Å²) >= 11 is 5.79. The van der Waals surface area contributed by atoms with E-state index in [0.29, 0.717) is 17.5 Å². The molecule has 3 rings (SSSR count). The number of benzene rings is 1. The van der Waals surface area contributed by atoms with Gasteiger partial charge in [-0.2, -0.15) is 0 Å². The van der Waals surface area contributed by atoms with E-state index in [0.717, 1.165) is 31.7 Å². The van der Waals surface area contributed by atoms with E-state index in [9.17, 15) is 4.39 Å². The maximum atomic E-state index is 13.2. The summed E-state index contributed by atoms with van der Waals surface area (Å²) in [5, 5.41) is 6.63. The zero-order valence-electron chi connectivity index (χ0n) is 12.9. The summed E-state index contributed by atoms with van der Waals surface area (Å²) in [5.41, 5.74) is 0.681. The summed E-state index contributed by atoms with van der Waals surface area (Å²) in [6.45, 7) is 2.17. The van der Waals surface area contributed by atoms with Crippen molar-refractivity contribution >= 4 is 28.9 Å². The molecule has 0 aliphatic carbocycles. The van der Waals surface area contributed by atoms with Gasteiger partial charge in [-0.1, -0.05) is 11.6 Å². The fourth-order valence-corrected chi connectivity index (χ4v) is 2.77. The molecule has 1 aliphatic rings. The summed E-state index contributed by atoms with van der Waals surface area (Å²) in [7, 11) is 2.14. The first-order valence-electron chi connectivity index (χ1n) is 7.59. The average molecular weight is 336 g/mol. The molecule has 0 amide bonds. The Kier molecular flexibility index (Phi) is 4.93. The number of halogens is 2. The number of aromatic nitrogens is 2. The second kappa shape index (κ2) is 7.10. The van der Waals surface area contributed by atoms with Crippen LogP contribution in [0.2, 0.25) is 5.02 Å². The quantitative estimate of drug-likeness (QED) is 0.895. The second-order valence-electron chi connectivity index (χ2n) is 5.76. The molecule has 1 saturated heterocycles. The molecule has 122 valence electrons. The number of nitrogens with one attached hydrogen (secondary N) is 2. The standard InChI is InChI=1S/C16H19ClFN5/c1-23-6-4-11(5-7-23)21-15-9-16(20-10-19-15)22-12-2-3-14(18)13(17)8-12/h2-3,8-11H,4-7H2,1H3,(H2,19,20,21,22). The number of rotatable bonds is 4. The molecule has 0 bridgehead atoms. The van der Waals surface area contributed by atoms with E-state index >= 15 is 0 Å². The molecule has 1 aromatic heterocycles. The van der Waals surface area contributed by atoms with Gasteiger partial charge < -0.3 is 15.5 Å². The predicted molar refractivity (Wildman–Crippen MR) is 90.9 cm³/mol. The SMILES string of the molecule is CN1CCC(Nc2cc(Nc3ccc(F)c(Cl)c3)ncn2)CC1. The normalized spacial score (nSPS) is 16.3. The lowest BCUT2D eigenvalue weighted by atomic mass is 10.1. The predicted octanol–water partition coefficient (Wildman–Crippen LogP) is 3.52. The van der Waals surface area contributed by atoms with Crippen LogP contribution in [0.4, 0.5) is 21.7 Å². The molecule has 0 saturated carbocycles. The highest BCUT2D eigenvalue weighted by Gasteiger charge is 2.16. The van der Waals surface area contributed by atoms with Crippen molar-refractivity contribution < 1.29 is 4.39 Å². The summed E-state index contributed by atoms with van der Waals surface area (Å²) < 4.78 is 13.2. The van der Waals surface area contributed by atoms with Gasteiger partial charge in [-0.05, 0) is 51.2 Å². The zero-order valence-corrected chi connectivity index (χ0v) is 13.6. The van der Waals surface area contributed by atoms with Gasteiger partial charge in [-0.15, -0.1) is 0 Å². The third kappa shape index (κ3) is 4.30. The summed E-state index contributed by atoms with van der Waals surface area (Å²) in [4.78, 5) is 10.8. The van der Waals surface area contributed by atoms with Gasteiger partial charge in [0.25, 0.3) is 0 Å². The molecule has 0 radical (unpaired) electrons. The molecule has 2 heterocycles. The third-order valence-corrected chi connectivity index (χ3v) is 4.22. The van der Waals surface area contributed by atoms with Gasteiger partial charge in [0.15, 0.2) is 0 Å². The minimum Gasteiger partial charge on any atom is -0.367 e. The van der Waals surface area contributed by atoms with E-state index in [4.69, 9.17) is 11.6 Å². The van der Waals surface area contributed by atoms with Crippen molar-refractivity contribution in [2.24, 2.45) is 0 Å². The van der Waals surface area contributed by atoms with Crippen molar-refractivity contribution in [3.8, 4) is 0 Å². The minimum atomic E-state index is -0.440. The maximum absolute atomic E-state index is 13.2. The zero-order chi connectivity index (χ0) is 16.2. The van der Waals surface area contributed by atoms with Crippen LogP contribution in [0, 0.1) is 5.82 Å². The van der Waals surface area contributed by atoms with Crippen LogP contribution in [0.5, 0.6) is 0 Å². The number of anilines is 3. The number of piperidine rings is 1. The van der Waals surface area contributed by atoms with E-state index in [1.54, 1.807) is 6.07 Å². The Hall–Kier alpha value is -1.92. The lowest BCUT2D eigenvalue weighted by Gasteiger charge is -2.29. The molecule has 1 aliphatic heterocycles. The topological polar surface area (TPSA) is 53.1 Å². The van der Waals surface area contributed by atoms with Crippen LogP contribution < -0.4 is 10.6 Å². The highest BCUT2D eigenvalue weighted by Crippen LogP contribution is 2.23. The molecule has 23 heavy (non-hydrogen) atoms. The smallest absolute Gasteiger partial charge is 0.141 e.